The molecule has 1 amide bonds. The van der Waals surface area contributed by atoms with E-state index in [0.29, 0.717) is 11.1 Å². The molecule has 11 heteroatoms. The number of nitro benzene ring substituents is 1. The van der Waals surface area contributed by atoms with Crippen LogP contribution in [0.3, 0.4) is 0 Å². The highest BCUT2D eigenvalue weighted by Gasteiger charge is 2.22. The monoisotopic (exact) mass is 507 g/mol. The van der Waals surface area contributed by atoms with Gasteiger partial charge in [0.2, 0.25) is 0 Å². The molecule has 4 rings (SSSR count). The smallest absolute Gasteiger partial charge is 0.277 e. The first-order chi connectivity index (χ1) is 17.2. The highest BCUT2D eigenvalue weighted by molar-refractivity contribution is 7.81. The van der Waals surface area contributed by atoms with Gasteiger partial charge in [0.25, 0.3) is 22.9 Å². The molecule has 0 heterocycles. The molecule has 182 valence electrons. The molecule has 0 radical (unpaired) electrons. The van der Waals surface area contributed by atoms with Gasteiger partial charge in [0.15, 0.2) is 0 Å². The first-order valence-corrected chi connectivity index (χ1v) is 11.5. The number of rotatable bonds is 7. The lowest BCUT2D eigenvalue weighted by Gasteiger charge is -2.21. The van der Waals surface area contributed by atoms with Crippen LogP contribution >= 0.6 is 0 Å². The van der Waals surface area contributed by atoms with Crippen LogP contribution in [0.4, 0.5) is 27.1 Å². The van der Waals surface area contributed by atoms with Crippen molar-refractivity contribution in [1.82, 2.24) is 0 Å². The van der Waals surface area contributed by atoms with Gasteiger partial charge >= 0.3 is 0 Å². The van der Waals surface area contributed by atoms with Crippen LogP contribution in [0.5, 0.6) is 5.75 Å². The zero-order chi connectivity index (χ0) is 25.8. The molecule has 9 nitrogen and oxygen atoms in total. The second-order valence-electron chi connectivity index (χ2n) is 7.51. The molecule has 36 heavy (non-hydrogen) atoms. The quantitative estimate of drug-likeness (QED) is 0.128. The zero-order valence-corrected chi connectivity index (χ0v) is 19.2. The molecule has 0 spiro atoms. The lowest BCUT2D eigenvalue weighted by atomic mass is 10.0. The van der Waals surface area contributed by atoms with Crippen molar-refractivity contribution in [2.24, 2.45) is 0 Å². The molecular formula is C25H18FN3O6S. The average Bonchev–Trinajstić information content (AvgIpc) is 2.87. The number of carbonyl (C=O) groups is 1. The number of nitro groups is 1. The highest BCUT2D eigenvalue weighted by atomic mass is 32.2. The third-order valence-electron chi connectivity index (χ3n) is 5.21. The summed E-state index contributed by atoms with van der Waals surface area (Å²) in [4.78, 5) is 24.0. The van der Waals surface area contributed by atoms with Gasteiger partial charge in [-0.3, -0.25) is 19.5 Å². The summed E-state index contributed by atoms with van der Waals surface area (Å²) in [6.45, 7) is 0. The maximum atomic E-state index is 13.3. The van der Waals surface area contributed by atoms with Crippen LogP contribution in [0.25, 0.3) is 11.1 Å². The number of halogens is 1. The fourth-order valence-corrected chi connectivity index (χ4v) is 4.16. The summed E-state index contributed by atoms with van der Waals surface area (Å²) in [5.41, 5.74) is 0.853. The molecule has 4 aromatic rings. The summed E-state index contributed by atoms with van der Waals surface area (Å²) in [6, 6.07) is 21.3. The standard InChI is InChI=1S/C25H18FN3O6S/c26-18-7-10-20(11-8-18)28(36(34)35)23-15-19(9-13-24(23)30)27-25(31)17-6-12-21(22(14-17)29(32)33)16-4-2-1-3-5-16/h1-15,30H,(H,27,31)(H,34,35). The zero-order valence-electron chi connectivity index (χ0n) is 18.4. The lowest BCUT2D eigenvalue weighted by molar-refractivity contribution is -0.384. The first kappa shape index (κ1) is 24.5. The highest BCUT2D eigenvalue weighted by Crippen LogP contribution is 2.37. The second kappa shape index (κ2) is 10.3. The van der Waals surface area contributed by atoms with Gasteiger partial charge in [-0.25, -0.2) is 12.9 Å². The van der Waals surface area contributed by atoms with E-state index in [1.165, 1.54) is 42.5 Å². The van der Waals surface area contributed by atoms with E-state index >= 15 is 0 Å². The largest absolute Gasteiger partial charge is 0.506 e. The molecule has 0 aromatic heterocycles. The minimum absolute atomic E-state index is 0.0112. The number of benzene rings is 4. The number of phenolic OH excluding ortho intramolecular Hbond substituents is 1. The van der Waals surface area contributed by atoms with E-state index in [2.05, 4.69) is 5.32 Å². The van der Waals surface area contributed by atoms with Gasteiger partial charge < -0.3 is 10.4 Å². The van der Waals surface area contributed by atoms with Crippen LogP contribution in [-0.4, -0.2) is 24.7 Å². The van der Waals surface area contributed by atoms with Crippen LogP contribution in [0, 0.1) is 15.9 Å². The van der Waals surface area contributed by atoms with Crippen LogP contribution in [0.1, 0.15) is 10.4 Å². The summed E-state index contributed by atoms with van der Waals surface area (Å²) < 4.78 is 36.0. The third-order valence-corrected chi connectivity index (χ3v) is 5.93. The van der Waals surface area contributed by atoms with Gasteiger partial charge in [-0.2, -0.15) is 0 Å². The molecule has 3 N–H and O–H groups in total. The number of phenols is 1. The fraction of sp³-hybridized carbons (Fsp3) is 0. The Morgan fingerprint density at radius 2 is 1.67 bits per heavy atom. The van der Waals surface area contributed by atoms with E-state index in [1.807, 2.05) is 0 Å². The summed E-state index contributed by atoms with van der Waals surface area (Å²) >= 11 is -2.65. The minimum atomic E-state index is -2.65. The molecule has 0 aliphatic rings. The maximum absolute atomic E-state index is 13.3. The molecular weight excluding hydrogens is 489 g/mol. The van der Waals surface area contributed by atoms with E-state index < -0.39 is 27.9 Å². The Kier molecular flexibility index (Phi) is 7.04. The molecule has 1 atom stereocenters. The Bertz CT molecular complexity index is 1460. The maximum Gasteiger partial charge on any atom is 0.277 e. The number of aromatic hydroxyl groups is 1. The third kappa shape index (κ3) is 5.22. The molecule has 1 unspecified atom stereocenters. The summed E-state index contributed by atoms with van der Waals surface area (Å²) in [5, 5.41) is 24.5. The van der Waals surface area contributed by atoms with Gasteiger partial charge in [0.1, 0.15) is 17.3 Å². The predicted octanol–water partition coefficient (Wildman–Crippen LogP) is 5.63. The average molecular weight is 507 g/mol. The SMILES string of the molecule is O=C(Nc1ccc(O)c(N(c2ccc(F)cc2)S(=O)O)c1)c1ccc(-c2ccccc2)c([N+](=O)[O-])c1. The van der Waals surface area contributed by atoms with Crippen LogP contribution < -0.4 is 9.62 Å². The Balaban J connectivity index is 1.65. The number of amides is 1. The predicted molar refractivity (Wildman–Crippen MR) is 134 cm³/mol. The number of carbonyl (C=O) groups excluding carboxylic acids is 1. The van der Waals surface area contributed by atoms with Crippen molar-refractivity contribution < 1.29 is 28.0 Å². The number of hydrogen-bond acceptors (Lipinski definition) is 5. The van der Waals surface area contributed by atoms with E-state index in [4.69, 9.17) is 0 Å². The molecule has 0 fully saturated rings. The minimum Gasteiger partial charge on any atom is -0.506 e. The Morgan fingerprint density at radius 1 is 0.972 bits per heavy atom. The molecule has 0 saturated heterocycles. The molecule has 0 aliphatic carbocycles. The number of nitrogens with zero attached hydrogens (tertiary/aromatic N) is 2. The normalized spacial score (nSPS) is 11.5. The summed E-state index contributed by atoms with van der Waals surface area (Å²) in [6.07, 6.45) is 0. The van der Waals surface area contributed by atoms with Crippen molar-refractivity contribution in [2.45, 2.75) is 0 Å². The number of hydrogen-bond donors (Lipinski definition) is 3. The van der Waals surface area contributed by atoms with E-state index in [0.717, 1.165) is 22.5 Å². The lowest BCUT2D eigenvalue weighted by Crippen LogP contribution is -2.20. The first-order valence-electron chi connectivity index (χ1n) is 10.4. The van der Waals surface area contributed by atoms with Gasteiger partial charge in [-0.05, 0) is 60.2 Å². The van der Waals surface area contributed by atoms with Crippen molar-refractivity contribution in [2.75, 3.05) is 9.62 Å². The van der Waals surface area contributed by atoms with E-state index in [1.54, 1.807) is 30.3 Å². The molecule has 0 saturated carbocycles. The molecule has 0 aliphatic heterocycles. The van der Waals surface area contributed by atoms with E-state index in [9.17, 15) is 33.2 Å². The topological polar surface area (TPSA) is 133 Å². The van der Waals surface area contributed by atoms with E-state index in [-0.39, 0.29) is 34.1 Å². The fourth-order valence-electron chi connectivity index (χ4n) is 3.54. The Hall–Kier alpha value is -4.61. The summed E-state index contributed by atoms with van der Waals surface area (Å²) in [7, 11) is 0. The molecule has 0 bridgehead atoms. The van der Waals surface area contributed by atoms with Crippen LogP contribution in [0.2, 0.25) is 0 Å². The van der Waals surface area contributed by atoms with Crippen molar-refractivity contribution in [3.63, 3.8) is 0 Å². The molecule has 4 aromatic carbocycles. The second-order valence-corrected chi connectivity index (χ2v) is 8.34. The Labute approximate surface area is 207 Å². The van der Waals surface area contributed by atoms with Crippen LogP contribution in [-0.2, 0) is 11.3 Å². The van der Waals surface area contributed by atoms with Gasteiger partial charge in [0, 0.05) is 17.3 Å². The van der Waals surface area contributed by atoms with Crippen molar-refractivity contribution in [1.29, 1.82) is 0 Å². The van der Waals surface area contributed by atoms with Crippen LogP contribution in [0.15, 0.2) is 91.0 Å². The number of anilines is 3. The Morgan fingerprint density at radius 3 is 2.31 bits per heavy atom. The number of nitrogens with one attached hydrogen (secondary N) is 1. The van der Waals surface area contributed by atoms with Gasteiger partial charge in [0.05, 0.1) is 16.2 Å². The van der Waals surface area contributed by atoms with Crippen molar-refractivity contribution >= 4 is 39.9 Å². The van der Waals surface area contributed by atoms with Crippen molar-refractivity contribution in [3.8, 4) is 16.9 Å². The van der Waals surface area contributed by atoms with Gasteiger partial charge in [-0.15, -0.1) is 0 Å². The summed E-state index contributed by atoms with van der Waals surface area (Å²) in [5.74, 6) is -1.60. The van der Waals surface area contributed by atoms with Crippen molar-refractivity contribution in [3.05, 3.63) is 112 Å². The van der Waals surface area contributed by atoms with Gasteiger partial charge in [-0.1, -0.05) is 30.3 Å².